The van der Waals surface area contributed by atoms with E-state index in [-0.39, 0.29) is 11.2 Å². The summed E-state index contributed by atoms with van der Waals surface area (Å²) < 4.78 is 4.63. The number of ether oxygens (including phenoxy) is 1. The van der Waals surface area contributed by atoms with Crippen molar-refractivity contribution >= 4 is 17.7 Å². The Morgan fingerprint density at radius 1 is 1.25 bits per heavy atom. The van der Waals surface area contributed by atoms with Crippen LogP contribution in [0, 0.1) is 5.92 Å². The van der Waals surface area contributed by atoms with E-state index in [2.05, 4.69) is 25.5 Å². The lowest BCUT2D eigenvalue weighted by molar-refractivity contribution is -0.139. The standard InChI is InChI=1S/C9H18O2S/c1-6(2)7(3)12-8(4)9(10)11-5/h6-8H,1-5H3. The Hall–Kier alpha value is -0.180. The average Bonchev–Trinajstić information content (AvgIpc) is 2.02. The zero-order chi connectivity index (χ0) is 9.72. The third kappa shape index (κ3) is 4.00. The molecule has 0 fully saturated rings. The topological polar surface area (TPSA) is 26.3 Å². The van der Waals surface area contributed by atoms with Crippen LogP contribution in [-0.4, -0.2) is 23.6 Å². The SMILES string of the molecule is COC(=O)C(C)SC(C)C(C)C. The highest BCUT2D eigenvalue weighted by atomic mass is 32.2. The summed E-state index contributed by atoms with van der Waals surface area (Å²) in [6, 6.07) is 0. The van der Waals surface area contributed by atoms with Gasteiger partial charge in [-0.3, -0.25) is 4.79 Å². The Morgan fingerprint density at radius 2 is 1.75 bits per heavy atom. The first kappa shape index (κ1) is 11.8. The minimum atomic E-state index is -0.132. The normalized spacial score (nSPS) is 15.8. The van der Waals surface area contributed by atoms with Gasteiger partial charge in [-0.25, -0.2) is 0 Å². The predicted molar refractivity (Wildman–Crippen MR) is 53.4 cm³/mol. The number of carbonyl (C=O) groups is 1. The molecule has 0 heterocycles. The van der Waals surface area contributed by atoms with Crippen molar-refractivity contribution in [3.63, 3.8) is 0 Å². The van der Waals surface area contributed by atoms with Crippen LogP contribution in [0.15, 0.2) is 0 Å². The molecule has 0 rings (SSSR count). The van der Waals surface area contributed by atoms with Crippen molar-refractivity contribution < 1.29 is 9.53 Å². The molecule has 0 aliphatic heterocycles. The van der Waals surface area contributed by atoms with Crippen LogP contribution in [0.3, 0.4) is 0 Å². The Labute approximate surface area is 79.1 Å². The molecule has 72 valence electrons. The number of carbonyl (C=O) groups excluding carboxylic acids is 1. The van der Waals surface area contributed by atoms with E-state index in [1.54, 1.807) is 11.8 Å². The maximum absolute atomic E-state index is 11.0. The van der Waals surface area contributed by atoms with E-state index in [0.717, 1.165) is 0 Å². The lowest BCUT2D eigenvalue weighted by Gasteiger charge is -2.18. The predicted octanol–water partition coefficient (Wildman–Crippen LogP) is 2.33. The van der Waals surface area contributed by atoms with Crippen LogP contribution in [0.2, 0.25) is 0 Å². The van der Waals surface area contributed by atoms with Gasteiger partial charge in [0, 0.05) is 5.25 Å². The summed E-state index contributed by atoms with van der Waals surface area (Å²) in [4.78, 5) is 11.0. The first-order chi connectivity index (χ1) is 5.49. The highest BCUT2D eigenvalue weighted by Gasteiger charge is 2.18. The summed E-state index contributed by atoms with van der Waals surface area (Å²) >= 11 is 1.67. The molecule has 0 aromatic carbocycles. The Balaban J connectivity index is 3.83. The number of methoxy groups -OCH3 is 1. The second-order valence-electron chi connectivity index (χ2n) is 3.25. The zero-order valence-electron chi connectivity index (χ0n) is 8.46. The Kier molecular flexibility index (Phi) is 5.38. The van der Waals surface area contributed by atoms with Gasteiger partial charge in [0.1, 0.15) is 0 Å². The molecule has 12 heavy (non-hydrogen) atoms. The molecular formula is C9H18O2S. The largest absolute Gasteiger partial charge is 0.468 e. The fourth-order valence-corrected chi connectivity index (χ4v) is 1.87. The summed E-state index contributed by atoms with van der Waals surface area (Å²) in [5.74, 6) is 0.467. The second kappa shape index (κ2) is 5.46. The van der Waals surface area contributed by atoms with E-state index < -0.39 is 0 Å². The second-order valence-corrected chi connectivity index (χ2v) is 4.97. The maximum atomic E-state index is 11.0. The van der Waals surface area contributed by atoms with Crippen molar-refractivity contribution in [2.24, 2.45) is 5.92 Å². The highest BCUT2D eigenvalue weighted by Crippen LogP contribution is 2.23. The molecule has 0 spiro atoms. The minimum Gasteiger partial charge on any atom is -0.468 e. The van der Waals surface area contributed by atoms with Crippen LogP contribution in [-0.2, 0) is 9.53 Å². The molecule has 2 unspecified atom stereocenters. The first-order valence-corrected chi connectivity index (χ1v) is 5.16. The molecule has 3 heteroatoms. The molecule has 0 aliphatic rings. The van der Waals surface area contributed by atoms with Gasteiger partial charge in [0.2, 0.25) is 0 Å². The van der Waals surface area contributed by atoms with Crippen LogP contribution in [0.5, 0.6) is 0 Å². The van der Waals surface area contributed by atoms with E-state index in [1.165, 1.54) is 7.11 Å². The highest BCUT2D eigenvalue weighted by molar-refractivity contribution is 8.01. The van der Waals surface area contributed by atoms with Crippen LogP contribution < -0.4 is 0 Å². The molecule has 0 bridgehead atoms. The number of rotatable bonds is 4. The van der Waals surface area contributed by atoms with Crippen LogP contribution in [0.4, 0.5) is 0 Å². The molecule has 0 aromatic rings. The van der Waals surface area contributed by atoms with Crippen molar-refractivity contribution in [2.75, 3.05) is 7.11 Å². The summed E-state index contributed by atoms with van der Waals surface area (Å²) in [5.41, 5.74) is 0. The van der Waals surface area contributed by atoms with Gasteiger partial charge in [0.25, 0.3) is 0 Å². The summed E-state index contributed by atoms with van der Waals surface area (Å²) in [6.45, 7) is 8.33. The van der Waals surface area contributed by atoms with E-state index >= 15 is 0 Å². The van der Waals surface area contributed by atoms with Crippen molar-refractivity contribution in [3.05, 3.63) is 0 Å². The van der Waals surface area contributed by atoms with E-state index in [0.29, 0.717) is 11.2 Å². The molecule has 0 saturated heterocycles. The van der Waals surface area contributed by atoms with E-state index in [9.17, 15) is 4.79 Å². The third-order valence-electron chi connectivity index (χ3n) is 1.89. The fraction of sp³-hybridized carbons (Fsp3) is 0.889. The van der Waals surface area contributed by atoms with Gasteiger partial charge in [-0.15, -0.1) is 11.8 Å². The van der Waals surface area contributed by atoms with Crippen LogP contribution in [0.1, 0.15) is 27.7 Å². The molecule has 2 nitrogen and oxygen atoms in total. The quantitative estimate of drug-likeness (QED) is 0.636. The number of esters is 1. The molecule has 0 aliphatic carbocycles. The Morgan fingerprint density at radius 3 is 2.08 bits per heavy atom. The minimum absolute atomic E-state index is 0.0487. The molecule has 0 amide bonds. The Bertz CT molecular complexity index is 145. The summed E-state index contributed by atoms with van der Waals surface area (Å²) in [6.07, 6.45) is 0. The molecule has 2 atom stereocenters. The smallest absolute Gasteiger partial charge is 0.318 e. The number of hydrogen-bond donors (Lipinski definition) is 0. The molecular weight excluding hydrogens is 172 g/mol. The number of thioether (sulfide) groups is 1. The van der Waals surface area contributed by atoms with Gasteiger partial charge in [-0.2, -0.15) is 0 Å². The summed E-state index contributed by atoms with van der Waals surface area (Å²) in [5, 5.41) is 0.450. The fourth-order valence-electron chi connectivity index (χ4n) is 0.701. The van der Waals surface area contributed by atoms with Gasteiger partial charge in [0.05, 0.1) is 12.4 Å². The lowest BCUT2D eigenvalue weighted by Crippen LogP contribution is -2.19. The van der Waals surface area contributed by atoms with Crippen LogP contribution >= 0.6 is 11.8 Å². The van der Waals surface area contributed by atoms with Gasteiger partial charge in [-0.05, 0) is 12.8 Å². The van der Waals surface area contributed by atoms with Gasteiger partial charge in [-0.1, -0.05) is 20.8 Å². The van der Waals surface area contributed by atoms with E-state index in [1.807, 2.05) is 6.92 Å². The monoisotopic (exact) mass is 190 g/mol. The van der Waals surface area contributed by atoms with Crippen LogP contribution in [0.25, 0.3) is 0 Å². The van der Waals surface area contributed by atoms with Gasteiger partial charge < -0.3 is 4.74 Å². The third-order valence-corrected chi connectivity index (χ3v) is 3.47. The maximum Gasteiger partial charge on any atom is 0.318 e. The number of hydrogen-bond acceptors (Lipinski definition) is 3. The first-order valence-electron chi connectivity index (χ1n) is 4.22. The van der Waals surface area contributed by atoms with Crippen molar-refractivity contribution in [3.8, 4) is 0 Å². The molecule has 0 aromatic heterocycles. The van der Waals surface area contributed by atoms with Crippen molar-refractivity contribution in [2.45, 2.75) is 38.2 Å². The lowest BCUT2D eigenvalue weighted by atomic mass is 10.2. The van der Waals surface area contributed by atoms with Gasteiger partial charge >= 0.3 is 5.97 Å². The molecule has 0 N–H and O–H groups in total. The molecule has 0 radical (unpaired) electrons. The zero-order valence-corrected chi connectivity index (χ0v) is 9.27. The average molecular weight is 190 g/mol. The molecule has 0 saturated carbocycles. The van der Waals surface area contributed by atoms with E-state index in [4.69, 9.17) is 0 Å². The summed E-state index contributed by atoms with van der Waals surface area (Å²) in [7, 11) is 1.43. The van der Waals surface area contributed by atoms with Crippen molar-refractivity contribution in [1.29, 1.82) is 0 Å². The van der Waals surface area contributed by atoms with Crippen molar-refractivity contribution in [1.82, 2.24) is 0 Å². The van der Waals surface area contributed by atoms with Gasteiger partial charge in [0.15, 0.2) is 0 Å².